The van der Waals surface area contributed by atoms with E-state index >= 15 is 0 Å². The predicted molar refractivity (Wildman–Crippen MR) is 54.9 cm³/mol. The summed E-state index contributed by atoms with van der Waals surface area (Å²) in [6.45, 7) is 6.57. The van der Waals surface area contributed by atoms with Crippen molar-refractivity contribution < 1.29 is 0 Å². The van der Waals surface area contributed by atoms with Crippen LogP contribution in [0.3, 0.4) is 0 Å². The van der Waals surface area contributed by atoms with E-state index in [4.69, 9.17) is 0 Å². The molecule has 12 heavy (non-hydrogen) atoms. The molecule has 0 amide bonds. The van der Waals surface area contributed by atoms with E-state index in [9.17, 15) is 0 Å². The van der Waals surface area contributed by atoms with Crippen LogP contribution in [0.5, 0.6) is 0 Å². The quantitative estimate of drug-likeness (QED) is 0.588. The molecule has 0 nitrogen and oxygen atoms in total. The van der Waals surface area contributed by atoms with Gasteiger partial charge in [-0.15, -0.1) is 0 Å². The minimum atomic E-state index is 0.755. The summed E-state index contributed by atoms with van der Waals surface area (Å²) in [4.78, 5) is 0. The van der Waals surface area contributed by atoms with Crippen LogP contribution in [-0.2, 0) is 0 Å². The van der Waals surface area contributed by atoms with Crippen LogP contribution < -0.4 is 0 Å². The van der Waals surface area contributed by atoms with E-state index < -0.39 is 0 Å². The Hall–Kier alpha value is 0. The molecule has 1 aliphatic rings. The van der Waals surface area contributed by atoms with Crippen molar-refractivity contribution in [3.63, 3.8) is 0 Å². The Morgan fingerprint density at radius 3 is 2.50 bits per heavy atom. The molecule has 1 saturated carbocycles. The Morgan fingerprint density at radius 2 is 1.92 bits per heavy atom. The first-order valence-electron chi connectivity index (χ1n) is 5.67. The maximum absolute atomic E-state index is 4.30. The molecule has 0 aliphatic heterocycles. The van der Waals surface area contributed by atoms with Gasteiger partial charge < -0.3 is 0 Å². The highest BCUT2D eigenvalue weighted by Crippen LogP contribution is 2.31. The van der Waals surface area contributed by atoms with Gasteiger partial charge in [0.2, 0.25) is 0 Å². The Morgan fingerprint density at radius 1 is 1.25 bits per heavy atom. The summed E-state index contributed by atoms with van der Waals surface area (Å²) in [5.41, 5.74) is 0. The van der Waals surface area contributed by atoms with Crippen molar-refractivity contribution in [2.24, 2.45) is 11.8 Å². The van der Waals surface area contributed by atoms with Gasteiger partial charge in [-0.25, -0.2) is 0 Å². The number of unbranched alkanes of at least 4 members (excludes halogenated alkanes) is 1. The van der Waals surface area contributed by atoms with Crippen molar-refractivity contribution in [3.8, 4) is 0 Å². The van der Waals surface area contributed by atoms with Gasteiger partial charge in [0.1, 0.15) is 0 Å². The van der Waals surface area contributed by atoms with Crippen LogP contribution in [0, 0.1) is 18.8 Å². The van der Waals surface area contributed by atoms with Gasteiger partial charge in [-0.2, -0.15) is 0 Å². The summed E-state index contributed by atoms with van der Waals surface area (Å²) in [7, 11) is 0. The maximum Gasteiger partial charge on any atom is -0.0386 e. The molecule has 0 heterocycles. The van der Waals surface area contributed by atoms with Crippen LogP contribution in [0.4, 0.5) is 0 Å². The van der Waals surface area contributed by atoms with E-state index in [-0.39, 0.29) is 0 Å². The lowest BCUT2D eigenvalue weighted by atomic mass is 9.79. The van der Waals surface area contributed by atoms with Crippen LogP contribution in [0.2, 0.25) is 0 Å². The maximum atomic E-state index is 4.30. The second kappa shape index (κ2) is 5.61. The Balaban J connectivity index is 2.15. The fourth-order valence-electron chi connectivity index (χ4n) is 2.31. The summed E-state index contributed by atoms with van der Waals surface area (Å²) >= 11 is 0. The van der Waals surface area contributed by atoms with Crippen LogP contribution in [0.25, 0.3) is 0 Å². The van der Waals surface area contributed by atoms with E-state index in [1.807, 2.05) is 0 Å². The van der Waals surface area contributed by atoms with Gasteiger partial charge in [0.15, 0.2) is 0 Å². The first-order valence-corrected chi connectivity index (χ1v) is 5.67. The van der Waals surface area contributed by atoms with Gasteiger partial charge in [0, 0.05) is 0 Å². The average Bonchev–Trinajstić information content (AvgIpc) is 2.15. The number of hydrogen-bond acceptors (Lipinski definition) is 0. The highest BCUT2D eigenvalue weighted by atomic mass is 14.2. The molecule has 0 saturated heterocycles. The molecule has 1 fully saturated rings. The molecule has 1 radical (unpaired) electrons. The highest BCUT2D eigenvalue weighted by Gasteiger charge is 2.18. The van der Waals surface area contributed by atoms with Gasteiger partial charge in [-0.05, 0) is 18.8 Å². The molecule has 71 valence electrons. The Bertz CT molecular complexity index is 101. The summed E-state index contributed by atoms with van der Waals surface area (Å²) in [6.07, 6.45) is 11.4. The van der Waals surface area contributed by atoms with Crippen molar-refractivity contribution >= 4 is 0 Å². The van der Waals surface area contributed by atoms with Crippen molar-refractivity contribution in [1.82, 2.24) is 0 Å². The monoisotopic (exact) mass is 167 g/mol. The molecule has 1 unspecified atom stereocenters. The molecule has 1 rings (SSSR count). The first kappa shape index (κ1) is 10.1. The molecular weight excluding hydrogens is 144 g/mol. The molecule has 0 bridgehead atoms. The van der Waals surface area contributed by atoms with E-state index in [1.54, 1.807) is 0 Å². The molecular formula is C12H23. The van der Waals surface area contributed by atoms with Gasteiger partial charge in [0.05, 0.1) is 0 Å². The number of rotatable bonds is 4. The summed E-state index contributed by atoms with van der Waals surface area (Å²) in [6, 6.07) is 0. The molecule has 0 spiro atoms. The van der Waals surface area contributed by atoms with Gasteiger partial charge in [0.25, 0.3) is 0 Å². The van der Waals surface area contributed by atoms with Gasteiger partial charge in [-0.1, -0.05) is 58.3 Å². The second-order valence-corrected chi connectivity index (χ2v) is 4.30. The number of hydrogen-bond donors (Lipinski definition) is 0. The lowest BCUT2D eigenvalue weighted by molar-refractivity contribution is 0.269. The van der Waals surface area contributed by atoms with E-state index in [0.717, 1.165) is 11.8 Å². The third kappa shape index (κ3) is 3.16. The fourth-order valence-corrected chi connectivity index (χ4v) is 2.31. The van der Waals surface area contributed by atoms with Gasteiger partial charge >= 0.3 is 0 Å². The zero-order chi connectivity index (χ0) is 8.81. The highest BCUT2D eigenvalue weighted by molar-refractivity contribution is 4.75. The molecule has 0 heteroatoms. The van der Waals surface area contributed by atoms with Gasteiger partial charge in [-0.3, -0.25) is 0 Å². The average molecular weight is 167 g/mol. The Kier molecular flexibility index (Phi) is 4.72. The molecule has 1 atom stereocenters. The summed E-state index contributed by atoms with van der Waals surface area (Å²) < 4.78 is 0. The molecule has 0 aromatic carbocycles. The van der Waals surface area contributed by atoms with Crippen LogP contribution in [-0.4, -0.2) is 0 Å². The zero-order valence-corrected chi connectivity index (χ0v) is 8.52. The first-order chi connectivity index (χ1) is 5.84. The zero-order valence-electron chi connectivity index (χ0n) is 8.52. The van der Waals surface area contributed by atoms with Crippen molar-refractivity contribution in [2.45, 2.75) is 58.3 Å². The molecule has 0 N–H and O–H groups in total. The predicted octanol–water partition coefficient (Wildman–Crippen LogP) is 4.21. The van der Waals surface area contributed by atoms with Crippen LogP contribution >= 0.6 is 0 Å². The minimum Gasteiger partial charge on any atom is -0.0654 e. The van der Waals surface area contributed by atoms with Crippen LogP contribution in [0.15, 0.2) is 0 Å². The molecule has 0 aromatic heterocycles. The second-order valence-electron chi connectivity index (χ2n) is 4.30. The molecule has 1 aliphatic carbocycles. The van der Waals surface area contributed by atoms with Crippen molar-refractivity contribution in [1.29, 1.82) is 0 Å². The normalized spacial score (nSPS) is 22.5. The van der Waals surface area contributed by atoms with Crippen molar-refractivity contribution in [2.75, 3.05) is 0 Å². The topological polar surface area (TPSA) is 0 Å². The summed E-state index contributed by atoms with van der Waals surface area (Å²) in [5, 5.41) is 0. The van der Waals surface area contributed by atoms with E-state index in [1.165, 1.54) is 51.4 Å². The SMILES string of the molecule is [CH2]C(CCCC)C1CCCCC1. The lowest BCUT2D eigenvalue weighted by Crippen LogP contribution is -2.15. The third-order valence-electron chi connectivity index (χ3n) is 3.24. The minimum absolute atomic E-state index is 0.755. The standard InChI is InChI=1S/C12H23/c1-3-4-8-11(2)12-9-6-5-7-10-12/h11-12H,2-10H2,1H3. The molecule has 0 aromatic rings. The van der Waals surface area contributed by atoms with E-state index in [2.05, 4.69) is 13.8 Å². The largest absolute Gasteiger partial charge is 0.0654 e. The third-order valence-corrected chi connectivity index (χ3v) is 3.24. The lowest BCUT2D eigenvalue weighted by Gasteiger charge is -2.27. The summed E-state index contributed by atoms with van der Waals surface area (Å²) in [5.74, 6) is 1.72. The smallest absolute Gasteiger partial charge is 0.0386 e. The van der Waals surface area contributed by atoms with Crippen molar-refractivity contribution in [3.05, 3.63) is 6.92 Å². The fraction of sp³-hybridized carbons (Fsp3) is 0.917. The Labute approximate surface area is 77.7 Å². The van der Waals surface area contributed by atoms with Crippen LogP contribution in [0.1, 0.15) is 58.3 Å². The van der Waals surface area contributed by atoms with E-state index in [0.29, 0.717) is 0 Å².